The second-order valence-electron chi connectivity index (χ2n) is 6.18. The summed E-state index contributed by atoms with van der Waals surface area (Å²) in [4.78, 5) is 15.5. The van der Waals surface area contributed by atoms with Gasteiger partial charge in [0, 0.05) is 18.2 Å². The first-order chi connectivity index (χ1) is 14.4. The minimum Gasteiger partial charge on any atom is -0.493 e. The van der Waals surface area contributed by atoms with Crippen LogP contribution in [0.25, 0.3) is 0 Å². The number of rotatable bonds is 11. The van der Waals surface area contributed by atoms with Gasteiger partial charge in [-0.1, -0.05) is 6.92 Å². The van der Waals surface area contributed by atoms with E-state index in [2.05, 4.69) is 20.4 Å². The predicted octanol–water partition coefficient (Wildman–Crippen LogP) is 3.64. The maximum atomic E-state index is 12.8. The summed E-state index contributed by atoms with van der Waals surface area (Å²) in [5, 5.41) is 6.08. The van der Waals surface area contributed by atoms with Gasteiger partial charge in [-0.2, -0.15) is 8.78 Å². The fraction of sp³-hybridized carbons (Fsp3) is 0.400. The molecule has 1 aromatic carbocycles. The van der Waals surface area contributed by atoms with Gasteiger partial charge in [0.1, 0.15) is 17.3 Å². The normalized spacial score (nSPS) is 11.1. The number of benzene rings is 1. The van der Waals surface area contributed by atoms with E-state index in [4.69, 9.17) is 14.9 Å². The van der Waals surface area contributed by atoms with Crippen molar-refractivity contribution < 1.29 is 27.5 Å². The first-order valence-electron chi connectivity index (χ1n) is 9.54. The van der Waals surface area contributed by atoms with E-state index < -0.39 is 12.5 Å². The number of nitrogens with one attached hydrogen (secondary N) is 2. The summed E-state index contributed by atoms with van der Waals surface area (Å²) >= 11 is 0. The van der Waals surface area contributed by atoms with Gasteiger partial charge in [-0.25, -0.2) is 4.99 Å². The van der Waals surface area contributed by atoms with Crippen LogP contribution >= 0.6 is 24.0 Å². The third-order valence-corrected chi connectivity index (χ3v) is 3.81. The highest BCUT2D eigenvalue weighted by molar-refractivity contribution is 14.0. The molecule has 0 bridgehead atoms. The molecule has 0 aliphatic rings. The third-order valence-electron chi connectivity index (χ3n) is 3.81. The number of carbonyl (C=O) groups excluding carboxylic acids is 1. The average Bonchev–Trinajstić information content (AvgIpc) is 3.18. The molecule has 2 rings (SSSR count). The molecular formula is C20H27F2IN4O4. The summed E-state index contributed by atoms with van der Waals surface area (Å²) < 4.78 is 41.0. The van der Waals surface area contributed by atoms with E-state index in [0.29, 0.717) is 36.2 Å². The lowest BCUT2D eigenvalue weighted by molar-refractivity contribution is -0.0505. The van der Waals surface area contributed by atoms with Gasteiger partial charge in [-0.05, 0) is 37.6 Å². The molecule has 0 saturated carbocycles. The number of ether oxygens (including phenoxy) is 2. The predicted molar refractivity (Wildman–Crippen MR) is 123 cm³/mol. The highest BCUT2D eigenvalue weighted by atomic mass is 127. The van der Waals surface area contributed by atoms with Crippen molar-refractivity contribution in [2.45, 2.75) is 40.0 Å². The Balaban J connectivity index is 0.00000480. The highest BCUT2D eigenvalue weighted by Gasteiger charge is 2.12. The lowest BCUT2D eigenvalue weighted by Gasteiger charge is -2.14. The number of aliphatic imine (C=N–C) groups is 1. The monoisotopic (exact) mass is 552 g/mol. The standard InChI is InChI=1S/C20H26F2N4O4.HI/c1-3-9-28-14-6-5-13(17(10-14)30-19(21)22)11-25-20(24-4-2)26-12-15-7-8-16(29-15)18(23)27;/h5-8,10,19H,3-4,9,11-12H2,1-2H3,(H2,23,27)(H2,24,25,26);1H. The molecular weight excluding hydrogens is 525 g/mol. The number of carbonyl (C=O) groups is 1. The Labute approximate surface area is 196 Å². The zero-order chi connectivity index (χ0) is 21.9. The van der Waals surface area contributed by atoms with Crippen molar-refractivity contribution in [1.29, 1.82) is 0 Å². The molecule has 8 nitrogen and oxygen atoms in total. The van der Waals surface area contributed by atoms with E-state index >= 15 is 0 Å². The summed E-state index contributed by atoms with van der Waals surface area (Å²) in [6.07, 6.45) is 0.797. The van der Waals surface area contributed by atoms with E-state index in [1.807, 2.05) is 13.8 Å². The molecule has 0 spiro atoms. The van der Waals surface area contributed by atoms with Crippen molar-refractivity contribution >= 4 is 35.8 Å². The van der Waals surface area contributed by atoms with Gasteiger partial charge in [-0.3, -0.25) is 4.79 Å². The Kier molecular flexibility index (Phi) is 11.7. The second kappa shape index (κ2) is 13.7. The number of nitrogens with two attached hydrogens (primary N) is 1. The summed E-state index contributed by atoms with van der Waals surface area (Å²) in [5.41, 5.74) is 5.64. The van der Waals surface area contributed by atoms with Crippen LogP contribution < -0.4 is 25.8 Å². The first kappa shape index (κ1) is 26.5. The zero-order valence-corrected chi connectivity index (χ0v) is 19.7. The van der Waals surface area contributed by atoms with E-state index in [1.165, 1.54) is 12.1 Å². The average molecular weight is 552 g/mol. The molecule has 172 valence electrons. The molecule has 0 unspecified atom stereocenters. The van der Waals surface area contributed by atoms with Crippen LogP contribution in [-0.2, 0) is 13.1 Å². The lowest BCUT2D eigenvalue weighted by atomic mass is 10.2. The van der Waals surface area contributed by atoms with Crippen molar-refractivity contribution in [3.8, 4) is 11.5 Å². The van der Waals surface area contributed by atoms with Gasteiger partial charge in [-0.15, -0.1) is 24.0 Å². The number of alkyl halides is 2. The Morgan fingerprint density at radius 3 is 2.61 bits per heavy atom. The van der Waals surface area contributed by atoms with Gasteiger partial charge in [0.2, 0.25) is 0 Å². The Morgan fingerprint density at radius 1 is 1.23 bits per heavy atom. The molecule has 0 atom stereocenters. The van der Waals surface area contributed by atoms with Crippen LogP contribution in [0, 0.1) is 0 Å². The fourth-order valence-electron chi connectivity index (χ4n) is 2.46. The third kappa shape index (κ3) is 8.99. The lowest BCUT2D eigenvalue weighted by Crippen LogP contribution is -2.36. The molecule has 0 aliphatic heterocycles. The first-order valence-corrected chi connectivity index (χ1v) is 9.54. The SMILES string of the molecule is CCCOc1ccc(CN=C(NCC)NCc2ccc(C(N)=O)o2)c(OC(F)F)c1.I. The maximum absolute atomic E-state index is 12.8. The van der Waals surface area contributed by atoms with Gasteiger partial charge in [0.25, 0.3) is 5.91 Å². The largest absolute Gasteiger partial charge is 0.493 e. The maximum Gasteiger partial charge on any atom is 0.387 e. The van der Waals surface area contributed by atoms with Crippen LogP contribution in [0.15, 0.2) is 39.7 Å². The molecule has 4 N–H and O–H groups in total. The number of furan rings is 1. The Hall–Kier alpha value is -2.57. The van der Waals surface area contributed by atoms with Crippen LogP contribution in [0.3, 0.4) is 0 Å². The van der Waals surface area contributed by atoms with Crippen LogP contribution in [0.5, 0.6) is 11.5 Å². The number of hydrogen-bond donors (Lipinski definition) is 3. The van der Waals surface area contributed by atoms with E-state index in [1.54, 1.807) is 18.2 Å². The number of hydrogen-bond acceptors (Lipinski definition) is 5. The van der Waals surface area contributed by atoms with Crippen molar-refractivity contribution in [2.75, 3.05) is 13.2 Å². The van der Waals surface area contributed by atoms with Crippen molar-refractivity contribution in [3.05, 3.63) is 47.4 Å². The molecule has 0 aliphatic carbocycles. The molecule has 1 heterocycles. The number of guanidine groups is 1. The number of nitrogens with zero attached hydrogens (tertiary/aromatic N) is 1. The number of amides is 1. The minimum atomic E-state index is -2.96. The van der Waals surface area contributed by atoms with Crippen molar-refractivity contribution in [1.82, 2.24) is 10.6 Å². The van der Waals surface area contributed by atoms with E-state index in [0.717, 1.165) is 6.42 Å². The zero-order valence-electron chi connectivity index (χ0n) is 17.3. The molecule has 1 amide bonds. The van der Waals surface area contributed by atoms with Crippen LogP contribution in [-0.4, -0.2) is 31.6 Å². The summed E-state index contributed by atoms with van der Waals surface area (Å²) in [6.45, 7) is 2.29. The molecule has 1 aromatic heterocycles. The molecule has 0 fully saturated rings. The fourth-order valence-corrected chi connectivity index (χ4v) is 2.46. The van der Waals surface area contributed by atoms with E-state index in [-0.39, 0.29) is 48.6 Å². The molecule has 0 radical (unpaired) electrons. The topological polar surface area (TPSA) is 111 Å². The Bertz CT molecular complexity index is 861. The summed E-state index contributed by atoms with van der Waals surface area (Å²) in [7, 11) is 0. The molecule has 2 aromatic rings. The number of halogens is 3. The van der Waals surface area contributed by atoms with Gasteiger partial charge in [0.15, 0.2) is 11.7 Å². The van der Waals surface area contributed by atoms with Gasteiger partial charge < -0.3 is 30.3 Å². The van der Waals surface area contributed by atoms with Gasteiger partial charge in [0.05, 0.1) is 19.7 Å². The number of primary amides is 1. The highest BCUT2D eigenvalue weighted by Crippen LogP contribution is 2.27. The van der Waals surface area contributed by atoms with Crippen LogP contribution in [0.4, 0.5) is 8.78 Å². The smallest absolute Gasteiger partial charge is 0.387 e. The molecule has 0 saturated heterocycles. The molecule has 11 heteroatoms. The van der Waals surface area contributed by atoms with Crippen LogP contribution in [0.1, 0.15) is 42.1 Å². The van der Waals surface area contributed by atoms with Crippen molar-refractivity contribution in [3.63, 3.8) is 0 Å². The quantitative estimate of drug-likeness (QED) is 0.223. The summed E-state index contributed by atoms with van der Waals surface area (Å²) in [6, 6.07) is 7.87. The van der Waals surface area contributed by atoms with Crippen molar-refractivity contribution in [2.24, 2.45) is 10.7 Å². The van der Waals surface area contributed by atoms with Crippen LogP contribution in [0.2, 0.25) is 0 Å². The second-order valence-corrected chi connectivity index (χ2v) is 6.18. The Morgan fingerprint density at radius 2 is 2.00 bits per heavy atom. The molecule has 31 heavy (non-hydrogen) atoms. The van der Waals surface area contributed by atoms with Gasteiger partial charge >= 0.3 is 6.61 Å². The van der Waals surface area contributed by atoms with E-state index in [9.17, 15) is 13.6 Å². The summed E-state index contributed by atoms with van der Waals surface area (Å²) in [5.74, 6) is 0.800. The minimum absolute atomic E-state index is 0.